The maximum atomic E-state index is 14.7. The molecule has 0 atom stereocenters. The number of rotatable bonds is 9. The van der Waals surface area contributed by atoms with Gasteiger partial charge < -0.3 is 30.2 Å². The quantitative estimate of drug-likeness (QED) is 0.211. The first-order valence-corrected chi connectivity index (χ1v) is 12.1. The fourth-order valence-corrected chi connectivity index (χ4v) is 4.23. The van der Waals surface area contributed by atoms with Crippen molar-refractivity contribution in [2.24, 2.45) is 0 Å². The van der Waals surface area contributed by atoms with E-state index in [1.165, 1.54) is 25.4 Å². The molecule has 0 unspecified atom stereocenters. The molecule has 2 aromatic carbocycles. The molecule has 0 saturated heterocycles. The van der Waals surface area contributed by atoms with Gasteiger partial charge in [0.05, 0.1) is 29.7 Å². The van der Waals surface area contributed by atoms with Gasteiger partial charge in [-0.05, 0) is 38.4 Å². The van der Waals surface area contributed by atoms with Crippen molar-refractivity contribution in [1.82, 2.24) is 24.4 Å². The number of likely N-dealkylation sites (N-methyl/N-ethyl adjacent to an activating group) is 2. The molecule has 0 spiro atoms. The molecule has 208 valence electrons. The van der Waals surface area contributed by atoms with E-state index >= 15 is 0 Å². The Bertz CT molecular complexity index is 1490. The molecule has 3 N–H and O–H groups in total. The van der Waals surface area contributed by atoms with Crippen molar-refractivity contribution < 1.29 is 22.3 Å². The van der Waals surface area contributed by atoms with Crippen LogP contribution in [0.1, 0.15) is 0 Å². The first kappa shape index (κ1) is 28.2. The van der Waals surface area contributed by atoms with Gasteiger partial charge in [0.25, 0.3) is 0 Å². The van der Waals surface area contributed by atoms with Gasteiger partial charge in [0.1, 0.15) is 23.5 Å². The summed E-state index contributed by atoms with van der Waals surface area (Å²) in [7, 11) is 7.36. The minimum absolute atomic E-state index is 0.00809. The molecule has 2 aromatic heterocycles. The van der Waals surface area contributed by atoms with Crippen LogP contribution in [0, 0.1) is 5.82 Å². The SMILES string of the molecule is COc1cc(N(C)CCN(C)C)c(N)cc1Nc1nccc(-c2nc3cc(Cl)cc(F)c3n2CC(F)(F)F)n1. The fraction of sp³-hybridized carbons (Fsp3) is 0.320. The largest absolute Gasteiger partial charge is 0.494 e. The lowest BCUT2D eigenvalue weighted by molar-refractivity contribution is -0.139. The number of nitrogens with one attached hydrogen (secondary N) is 1. The third-order valence-electron chi connectivity index (χ3n) is 5.87. The van der Waals surface area contributed by atoms with Gasteiger partial charge in [0.2, 0.25) is 5.95 Å². The van der Waals surface area contributed by atoms with Crippen molar-refractivity contribution in [3.8, 4) is 17.3 Å². The number of hydrogen-bond acceptors (Lipinski definition) is 8. The van der Waals surface area contributed by atoms with Crippen molar-refractivity contribution in [1.29, 1.82) is 0 Å². The molecule has 0 aliphatic rings. The standard InChI is InChI=1S/C25H27ClF4N8O/c1-36(2)7-8-37(3)20-12-21(39-4)18(11-16(20)31)35-24-32-6-5-17(34-24)23-33-19-10-14(26)9-15(27)22(19)38(23)13-25(28,29)30/h5-6,9-12H,7-8,13,31H2,1-4H3,(H,32,34,35). The smallest absolute Gasteiger partial charge is 0.406 e. The lowest BCUT2D eigenvalue weighted by atomic mass is 10.2. The van der Waals surface area contributed by atoms with Gasteiger partial charge in [0.15, 0.2) is 11.6 Å². The van der Waals surface area contributed by atoms with Crippen molar-refractivity contribution in [2.75, 3.05) is 57.3 Å². The van der Waals surface area contributed by atoms with Gasteiger partial charge in [-0.3, -0.25) is 0 Å². The Hall–Kier alpha value is -3.84. The number of benzene rings is 2. The fourth-order valence-electron chi connectivity index (χ4n) is 4.03. The topological polar surface area (TPSA) is 97.4 Å². The van der Waals surface area contributed by atoms with Gasteiger partial charge >= 0.3 is 6.18 Å². The number of methoxy groups -OCH3 is 1. The summed E-state index contributed by atoms with van der Waals surface area (Å²) in [5, 5.41) is 3.01. The number of nitrogens with two attached hydrogens (primary N) is 1. The van der Waals surface area contributed by atoms with Gasteiger partial charge in [0, 0.05) is 37.4 Å². The number of aromatic nitrogens is 4. The molecule has 39 heavy (non-hydrogen) atoms. The number of imidazole rings is 1. The molecule has 2 heterocycles. The Morgan fingerprint density at radius 3 is 2.51 bits per heavy atom. The minimum Gasteiger partial charge on any atom is -0.494 e. The third-order valence-corrected chi connectivity index (χ3v) is 6.09. The Labute approximate surface area is 227 Å². The zero-order valence-electron chi connectivity index (χ0n) is 21.6. The molecule has 0 aliphatic heterocycles. The molecule has 4 aromatic rings. The zero-order chi connectivity index (χ0) is 28.5. The van der Waals surface area contributed by atoms with Crippen LogP contribution in [0.15, 0.2) is 36.5 Å². The first-order valence-electron chi connectivity index (χ1n) is 11.7. The van der Waals surface area contributed by atoms with Crippen LogP contribution < -0.4 is 20.7 Å². The number of nitrogens with zero attached hydrogens (tertiary/aromatic N) is 6. The highest BCUT2D eigenvalue weighted by molar-refractivity contribution is 6.31. The van der Waals surface area contributed by atoms with Gasteiger partial charge in [-0.2, -0.15) is 13.2 Å². The van der Waals surface area contributed by atoms with E-state index in [1.807, 2.05) is 26.0 Å². The van der Waals surface area contributed by atoms with Crippen molar-refractivity contribution in [3.63, 3.8) is 0 Å². The van der Waals surface area contributed by atoms with E-state index in [0.29, 0.717) is 17.1 Å². The van der Waals surface area contributed by atoms with Crippen LogP contribution in [-0.2, 0) is 6.54 Å². The molecule has 0 radical (unpaired) electrons. The number of nitrogen functional groups attached to an aromatic ring is 1. The van der Waals surface area contributed by atoms with Gasteiger partial charge in [-0.15, -0.1) is 0 Å². The Morgan fingerprint density at radius 1 is 1.10 bits per heavy atom. The molecule has 4 rings (SSSR count). The van der Waals surface area contributed by atoms with Crippen molar-refractivity contribution in [3.05, 3.63) is 47.4 Å². The number of fused-ring (bicyclic) bond motifs is 1. The molecule has 0 aliphatic carbocycles. The van der Waals surface area contributed by atoms with E-state index in [4.69, 9.17) is 22.1 Å². The Balaban J connectivity index is 1.72. The highest BCUT2D eigenvalue weighted by atomic mass is 35.5. The van der Waals surface area contributed by atoms with Crippen LogP contribution in [0.5, 0.6) is 5.75 Å². The molecule has 0 amide bonds. The number of ether oxygens (including phenoxy) is 1. The average Bonchev–Trinajstić information content (AvgIpc) is 3.19. The van der Waals surface area contributed by atoms with Crippen LogP contribution in [0.4, 0.5) is 40.6 Å². The maximum absolute atomic E-state index is 14.7. The minimum atomic E-state index is -4.64. The van der Waals surface area contributed by atoms with E-state index in [2.05, 4.69) is 25.2 Å². The number of anilines is 4. The average molecular weight is 567 g/mol. The molecule has 0 bridgehead atoms. The summed E-state index contributed by atoms with van der Waals surface area (Å²) in [6.45, 7) is 0.0639. The molecule has 0 saturated carbocycles. The number of alkyl halides is 3. The lowest BCUT2D eigenvalue weighted by Crippen LogP contribution is -2.29. The molecule has 14 heteroatoms. The van der Waals surface area contributed by atoms with E-state index in [-0.39, 0.29) is 33.5 Å². The Kier molecular flexibility index (Phi) is 8.02. The Morgan fingerprint density at radius 2 is 1.85 bits per heavy atom. The maximum Gasteiger partial charge on any atom is 0.406 e. The highest BCUT2D eigenvalue weighted by Crippen LogP contribution is 2.37. The summed E-state index contributed by atoms with van der Waals surface area (Å²) in [5.41, 5.74) is 7.66. The monoisotopic (exact) mass is 566 g/mol. The van der Waals surface area contributed by atoms with Gasteiger partial charge in [-0.1, -0.05) is 11.6 Å². The second-order valence-corrected chi connectivity index (χ2v) is 9.56. The number of hydrogen-bond donors (Lipinski definition) is 2. The summed E-state index contributed by atoms with van der Waals surface area (Å²) in [5.74, 6) is -0.629. The predicted molar refractivity (Wildman–Crippen MR) is 144 cm³/mol. The van der Waals surface area contributed by atoms with Crippen LogP contribution in [0.3, 0.4) is 0 Å². The second kappa shape index (κ2) is 11.1. The van der Waals surface area contributed by atoms with Crippen molar-refractivity contribution in [2.45, 2.75) is 12.7 Å². The van der Waals surface area contributed by atoms with Crippen LogP contribution in [0.25, 0.3) is 22.6 Å². The summed E-state index contributed by atoms with van der Waals surface area (Å²) in [4.78, 5) is 16.8. The van der Waals surface area contributed by atoms with E-state index < -0.39 is 18.5 Å². The summed E-state index contributed by atoms with van der Waals surface area (Å²) in [6, 6.07) is 7.04. The van der Waals surface area contributed by atoms with E-state index in [9.17, 15) is 17.6 Å². The summed E-state index contributed by atoms with van der Waals surface area (Å²) >= 11 is 5.91. The summed E-state index contributed by atoms with van der Waals surface area (Å²) < 4.78 is 61.3. The van der Waals surface area contributed by atoms with Crippen LogP contribution >= 0.6 is 11.6 Å². The first-order chi connectivity index (χ1) is 18.4. The zero-order valence-corrected chi connectivity index (χ0v) is 22.4. The predicted octanol–water partition coefficient (Wildman–Crippen LogP) is 5.18. The summed E-state index contributed by atoms with van der Waals surface area (Å²) in [6.07, 6.45) is -3.29. The molecular formula is C25H27ClF4N8O. The normalized spacial score (nSPS) is 11.8. The molecule has 0 fully saturated rings. The van der Waals surface area contributed by atoms with Crippen LogP contribution in [0.2, 0.25) is 5.02 Å². The molecule has 9 nitrogen and oxygen atoms in total. The molecular weight excluding hydrogens is 540 g/mol. The highest BCUT2D eigenvalue weighted by Gasteiger charge is 2.32. The van der Waals surface area contributed by atoms with Gasteiger partial charge in [-0.25, -0.2) is 19.3 Å². The van der Waals surface area contributed by atoms with Crippen molar-refractivity contribution >= 4 is 45.6 Å². The van der Waals surface area contributed by atoms with E-state index in [0.717, 1.165) is 29.4 Å². The third kappa shape index (κ3) is 6.42. The van der Waals surface area contributed by atoms with Crippen LogP contribution in [-0.4, -0.2) is 71.9 Å². The van der Waals surface area contributed by atoms with E-state index in [1.54, 1.807) is 12.1 Å². The second-order valence-electron chi connectivity index (χ2n) is 9.12. The lowest BCUT2D eigenvalue weighted by Gasteiger charge is -2.24. The number of halogens is 5.